The van der Waals surface area contributed by atoms with Gasteiger partial charge in [-0.3, -0.25) is 14.5 Å². The second-order valence-corrected chi connectivity index (χ2v) is 10.5. The summed E-state index contributed by atoms with van der Waals surface area (Å²) in [5.41, 5.74) is 3.43. The second-order valence-electron chi connectivity index (χ2n) is 10.5. The number of benzene rings is 3. The lowest BCUT2D eigenvalue weighted by atomic mass is 9.97. The number of methoxy groups -OCH3 is 1. The van der Waals surface area contributed by atoms with Gasteiger partial charge in [0.05, 0.1) is 20.3 Å². The average Bonchev–Trinajstić information content (AvgIpc) is 3.12. The summed E-state index contributed by atoms with van der Waals surface area (Å²) in [4.78, 5) is 41.1. The smallest absolute Gasteiger partial charge is 0.407 e. The molecule has 2 N–H and O–H groups in total. The van der Waals surface area contributed by atoms with Crippen LogP contribution in [0.4, 0.5) is 10.5 Å². The van der Waals surface area contributed by atoms with E-state index in [1.807, 2.05) is 54.6 Å². The zero-order chi connectivity index (χ0) is 30.4. The summed E-state index contributed by atoms with van der Waals surface area (Å²) in [5, 5.41) is 14.0. The largest absolute Gasteiger partial charge is 0.496 e. The molecular formula is C33H39N3O6. The van der Waals surface area contributed by atoms with Gasteiger partial charge in [0.25, 0.3) is 0 Å². The number of fused-ring (bicyclic) bond motifs is 2. The van der Waals surface area contributed by atoms with Crippen molar-refractivity contribution >= 4 is 40.1 Å². The van der Waals surface area contributed by atoms with Crippen LogP contribution in [-0.2, 0) is 27.3 Å². The first-order chi connectivity index (χ1) is 20.2. The maximum atomic E-state index is 14.1. The summed E-state index contributed by atoms with van der Waals surface area (Å²) < 4.78 is 11.7. The molecule has 4 rings (SSSR count). The highest BCUT2D eigenvalue weighted by Crippen LogP contribution is 2.36. The lowest BCUT2D eigenvalue weighted by Crippen LogP contribution is -2.53. The van der Waals surface area contributed by atoms with E-state index in [1.165, 1.54) is 14.0 Å². The summed E-state index contributed by atoms with van der Waals surface area (Å²) in [6.45, 7) is 8.55. The van der Waals surface area contributed by atoms with Crippen LogP contribution in [0.15, 0.2) is 61.2 Å². The van der Waals surface area contributed by atoms with Gasteiger partial charge < -0.3 is 24.8 Å². The number of nitrogens with zero attached hydrogens (tertiary/aromatic N) is 2. The van der Waals surface area contributed by atoms with E-state index in [9.17, 15) is 19.5 Å². The molecule has 1 aliphatic rings. The van der Waals surface area contributed by atoms with Crippen molar-refractivity contribution in [1.82, 2.24) is 10.2 Å². The number of rotatable bonds is 11. The number of hydrogen-bond donors (Lipinski definition) is 2. The van der Waals surface area contributed by atoms with Crippen molar-refractivity contribution in [3.8, 4) is 5.75 Å². The Hall–Kier alpha value is -4.53. The third-order valence-corrected chi connectivity index (χ3v) is 7.87. The molecule has 222 valence electrons. The minimum absolute atomic E-state index is 0.194. The molecule has 3 aromatic carbocycles. The number of ether oxygens (including phenoxy) is 2. The van der Waals surface area contributed by atoms with E-state index >= 15 is 0 Å². The van der Waals surface area contributed by atoms with Crippen LogP contribution in [-0.4, -0.2) is 60.8 Å². The number of carbonyl (C=O) groups is 3. The normalized spacial score (nSPS) is 15.4. The van der Waals surface area contributed by atoms with Crippen LogP contribution >= 0.6 is 0 Å². The Labute approximate surface area is 246 Å². The third-order valence-electron chi connectivity index (χ3n) is 7.87. The van der Waals surface area contributed by atoms with Gasteiger partial charge in [0, 0.05) is 23.9 Å². The fraction of sp³-hybridized carbons (Fsp3) is 0.364. The predicted molar refractivity (Wildman–Crippen MR) is 164 cm³/mol. The van der Waals surface area contributed by atoms with Crippen molar-refractivity contribution in [2.24, 2.45) is 0 Å². The van der Waals surface area contributed by atoms with Crippen molar-refractivity contribution in [3.63, 3.8) is 0 Å². The standard InChI is InChI=1S/C33H39N3O6/c1-6-7-19-42-22(3)24-12-10-13-25-26(24)16-18-30(41-5)27(25)20-36-29-14-9-8-11-23(29)15-17-28(32(36)38)34-31(37)21(2)35(4)33(39)40/h8-14,16,18,21,28H,3,6-7,15,17,19-20H2,1-2,4-5H3,(H,34,37)(H,39,40)/t21-,28-/m0/s1. The first-order valence-electron chi connectivity index (χ1n) is 14.2. The molecule has 0 saturated heterocycles. The molecule has 0 unspecified atom stereocenters. The number of nitrogens with one attached hydrogen (secondary N) is 1. The summed E-state index contributed by atoms with van der Waals surface area (Å²) in [6, 6.07) is 15.7. The van der Waals surface area contributed by atoms with Crippen LogP contribution in [0.25, 0.3) is 16.5 Å². The Morgan fingerprint density at radius 3 is 2.62 bits per heavy atom. The van der Waals surface area contributed by atoms with Crippen molar-refractivity contribution in [3.05, 3.63) is 77.9 Å². The van der Waals surface area contributed by atoms with Crippen LogP contribution < -0.4 is 15.0 Å². The lowest BCUT2D eigenvalue weighted by molar-refractivity contribution is -0.130. The molecule has 3 aromatic rings. The van der Waals surface area contributed by atoms with Crippen LogP contribution in [0.3, 0.4) is 0 Å². The number of para-hydroxylation sites is 1. The van der Waals surface area contributed by atoms with Crippen molar-refractivity contribution in [2.75, 3.05) is 25.7 Å². The summed E-state index contributed by atoms with van der Waals surface area (Å²) in [5.74, 6) is 0.410. The van der Waals surface area contributed by atoms with Crippen molar-refractivity contribution in [2.45, 2.75) is 58.2 Å². The Kier molecular flexibility index (Phi) is 9.72. The molecule has 1 heterocycles. The summed E-state index contributed by atoms with van der Waals surface area (Å²) >= 11 is 0. The minimum Gasteiger partial charge on any atom is -0.496 e. The summed E-state index contributed by atoms with van der Waals surface area (Å²) in [7, 11) is 2.93. The van der Waals surface area contributed by atoms with E-state index in [-0.39, 0.29) is 12.5 Å². The van der Waals surface area contributed by atoms with Gasteiger partial charge >= 0.3 is 6.09 Å². The number of anilines is 1. The van der Waals surface area contributed by atoms with E-state index in [4.69, 9.17) is 9.47 Å². The van der Waals surface area contributed by atoms with Gasteiger partial charge in [-0.2, -0.15) is 0 Å². The highest BCUT2D eigenvalue weighted by atomic mass is 16.5. The third kappa shape index (κ3) is 6.35. The molecule has 1 aliphatic heterocycles. The maximum absolute atomic E-state index is 14.1. The lowest BCUT2D eigenvalue weighted by Gasteiger charge is -2.29. The molecule has 0 aromatic heterocycles. The molecule has 0 saturated carbocycles. The predicted octanol–water partition coefficient (Wildman–Crippen LogP) is 5.60. The van der Waals surface area contributed by atoms with Crippen LogP contribution in [0.1, 0.15) is 49.8 Å². The number of carbonyl (C=O) groups excluding carboxylic acids is 2. The van der Waals surface area contributed by atoms with Crippen molar-refractivity contribution in [1.29, 1.82) is 0 Å². The summed E-state index contributed by atoms with van der Waals surface area (Å²) in [6.07, 6.45) is 1.68. The average molecular weight is 574 g/mol. The van der Waals surface area contributed by atoms with Gasteiger partial charge in [0.1, 0.15) is 23.6 Å². The molecule has 2 atom stereocenters. The SMILES string of the molecule is C=C(OCCCC)c1cccc2c(CN3C(=O)[C@@H](NC(=O)[C@H](C)N(C)C(=O)O)CCc4ccccc43)c(OC)ccc12. The zero-order valence-corrected chi connectivity index (χ0v) is 24.7. The van der Waals surface area contributed by atoms with E-state index in [0.717, 1.165) is 50.9 Å². The Morgan fingerprint density at radius 2 is 1.90 bits per heavy atom. The molecule has 42 heavy (non-hydrogen) atoms. The Balaban J connectivity index is 1.73. The van der Waals surface area contributed by atoms with Gasteiger partial charge in [0.2, 0.25) is 11.8 Å². The van der Waals surface area contributed by atoms with Gasteiger partial charge in [-0.15, -0.1) is 0 Å². The van der Waals surface area contributed by atoms with Crippen LogP contribution in [0.5, 0.6) is 5.75 Å². The van der Waals surface area contributed by atoms with E-state index < -0.39 is 24.1 Å². The quantitative estimate of drug-likeness (QED) is 0.228. The zero-order valence-electron chi connectivity index (χ0n) is 24.7. The number of hydrogen-bond acceptors (Lipinski definition) is 5. The number of unbranched alkanes of at least 4 members (excludes halogenated alkanes) is 1. The molecule has 9 nitrogen and oxygen atoms in total. The number of aryl methyl sites for hydroxylation is 1. The molecule has 9 heteroatoms. The maximum Gasteiger partial charge on any atom is 0.407 e. The fourth-order valence-corrected chi connectivity index (χ4v) is 5.22. The highest BCUT2D eigenvalue weighted by Gasteiger charge is 2.34. The Morgan fingerprint density at radius 1 is 1.14 bits per heavy atom. The van der Waals surface area contributed by atoms with Gasteiger partial charge in [-0.1, -0.05) is 56.3 Å². The molecule has 3 amide bonds. The molecule has 0 aliphatic carbocycles. The van der Waals surface area contributed by atoms with E-state index in [2.05, 4.69) is 18.8 Å². The molecule has 0 fully saturated rings. The molecule has 0 radical (unpaired) electrons. The molecule has 0 bridgehead atoms. The first kappa shape index (κ1) is 30.4. The van der Waals surface area contributed by atoms with E-state index in [1.54, 1.807) is 12.0 Å². The van der Waals surface area contributed by atoms with Crippen LogP contribution in [0.2, 0.25) is 0 Å². The van der Waals surface area contributed by atoms with Gasteiger partial charge in [-0.05, 0) is 60.7 Å². The number of likely N-dealkylation sites (N-methyl/N-ethyl adjacent to an activating group) is 1. The van der Waals surface area contributed by atoms with Crippen LogP contribution in [0, 0.1) is 0 Å². The van der Waals surface area contributed by atoms with E-state index in [0.29, 0.717) is 31.0 Å². The van der Waals surface area contributed by atoms with Crippen molar-refractivity contribution < 1.29 is 29.0 Å². The van der Waals surface area contributed by atoms with Gasteiger partial charge in [-0.25, -0.2) is 4.79 Å². The number of amides is 3. The second kappa shape index (κ2) is 13.4. The van der Waals surface area contributed by atoms with Gasteiger partial charge in [0.15, 0.2) is 0 Å². The first-order valence-corrected chi connectivity index (χ1v) is 14.2. The fourth-order valence-electron chi connectivity index (χ4n) is 5.22. The topological polar surface area (TPSA) is 108 Å². The molecule has 0 spiro atoms. The highest BCUT2D eigenvalue weighted by molar-refractivity contribution is 6.02. The number of carboxylic acid groups (broad SMARTS) is 1. The molecular weight excluding hydrogens is 534 g/mol. The monoisotopic (exact) mass is 573 g/mol. The Bertz CT molecular complexity index is 1490. The minimum atomic E-state index is -1.22.